The number of hydrogen-bond donors (Lipinski definition) is 1. The number of rotatable bonds is 8. The summed E-state index contributed by atoms with van der Waals surface area (Å²) in [6.07, 6.45) is 0.872. The maximum absolute atomic E-state index is 10.5. The molecule has 0 radical (unpaired) electrons. The molecule has 3 rings (SSSR count). The highest BCUT2D eigenvalue weighted by atomic mass is 16.5. The van der Waals surface area contributed by atoms with E-state index in [1.807, 2.05) is 74.5 Å². The minimum absolute atomic E-state index is 0.0174. The number of aromatic nitrogens is 2. The number of aliphatic hydroxyl groups is 1. The largest absolute Gasteiger partial charge is 0.472 e. The van der Waals surface area contributed by atoms with Gasteiger partial charge in [0.15, 0.2) is 0 Å². The molecule has 1 N–H and O–H groups in total. The van der Waals surface area contributed by atoms with Gasteiger partial charge in [0.1, 0.15) is 13.2 Å². The van der Waals surface area contributed by atoms with E-state index in [0.717, 1.165) is 11.1 Å². The first-order chi connectivity index (χ1) is 13.1. The summed E-state index contributed by atoms with van der Waals surface area (Å²) in [6, 6.07) is 19.9. The fourth-order valence-electron chi connectivity index (χ4n) is 2.56. The lowest BCUT2D eigenvalue weighted by Crippen LogP contribution is -2.11. The van der Waals surface area contributed by atoms with Gasteiger partial charge < -0.3 is 14.6 Å². The number of hydrogen-bond acceptors (Lipinski definition) is 5. The van der Waals surface area contributed by atoms with Crippen molar-refractivity contribution in [3.05, 3.63) is 83.6 Å². The van der Waals surface area contributed by atoms with E-state index in [-0.39, 0.29) is 11.9 Å². The molecule has 0 aliphatic rings. The Morgan fingerprint density at radius 3 is 1.96 bits per heavy atom. The van der Waals surface area contributed by atoms with Crippen molar-refractivity contribution in [3.63, 3.8) is 0 Å². The summed E-state index contributed by atoms with van der Waals surface area (Å²) in [6.45, 7) is 4.59. The van der Waals surface area contributed by atoms with Crippen LogP contribution in [0.25, 0.3) is 0 Å². The number of aliphatic hydroxyl groups excluding tert-OH is 1. The molecule has 1 aromatic heterocycles. The first-order valence-electron chi connectivity index (χ1n) is 9.02. The van der Waals surface area contributed by atoms with Crippen molar-refractivity contribution in [2.24, 2.45) is 5.92 Å². The summed E-state index contributed by atoms with van der Waals surface area (Å²) < 4.78 is 11.6. The van der Waals surface area contributed by atoms with Gasteiger partial charge >= 0.3 is 6.01 Å². The molecular weight excluding hydrogens is 340 g/mol. The van der Waals surface area contributed by atoms with Gasteiger partial charge in [-0.3, -0.25) is 0 Å². The van der Waals surface area contributed by atoms with Crippen molar-refractivity contribution in [2.45, 2.75) is 33.2 Å². The highest BCUT2D eigenvalue weighted by Crippen LogP contribution is 2.29. The van der Waals surface area contributed by atoms with E-state index in [2.05, 4.69) is 9.97 Å². The zero-order valence-corrected chi connectivity index (χ0v) is 15.6. The minimum atomic E-state index is -0.709. The molecule has 0 aliphatic carbocycles. The van der Waals surface area contributed by atoms with Gasteiger partial charge in [0.25, 0.3) is 0 Å². The van der Waals surface area contributed by atoms with Gasteiger partial charge in [-0.05, 0) is 17.0 Å². The summed E-state index contributed by atoms with van der Waals surface area (Å²) in [5.74, 6) is 0.363. The zero-order valence-electron chi connectivity index (χ0n) is 15.6. The van der Waals surface area contributed by atoms with Crippen molar-refractivity contribution in [3.8, 4) is 11.9 Å². The fraction of sp³-hybridized carbons (Fsp3) is 0.273. The normalized spacial score (nSPS) is 12.0. The van der Waals surface area contributed by atoms with E-state index in [1.54, 1.807) is 6.20 Å². The lowest BCUT2D eigenvalue weighted by molar-refractivity contribution is 0.119. The second-order valence-corrected chi connectivity index (χ2v) is 6.65. The molecule has 0 aliphatic heterocycles. The van der Waals surface area contributed by atoms with Crippen LogP contribution in [0, 0.1) is 5.92 Å². The third-order valence-corrected chi connectivity index (χ3v) is 4.14. The van der Waals surface area contributed by atoms with E-state index in [1.165, 1.54) is 0 Å². The third kappa shape index (κ3) is 5.28. The highest BCUT2D eigenvalue weighted by Gasteiger charge is 2.20. The fourth-order valence-corrected chi connectivity index (χ4v) is 2.56. The second-order valence-electron chi connectivity index (χ2n) is 6.65. The Morgan fingerprint density at radius 1 is 0.852 bits per heavy atom. The molecule has 140 valence electrons. The summed E-state index contributed by atoms with van der Waals surface area (Å²) in [4.78, 5) is 8.63. The molecular formula is C22H24N2O3. The van der Waals surface area contributed by atoms with Crippen LogP contribution in [-0.2, 0) is 13.2 Å². The van der Waals surface area contributed by atoms with Crippen molar-refractivity contribution in [1.82, 2.24) is 9.97 Å². The number of nitrogens with zero attached hydrogens (tertiary/aromatic N) is 2. The third-order valence-electron chi connectivity index (χ3n) is 4.14. The molecule has 5 nitrogen and oxygen atoms in total. The van der Waals surface area contributed by atoms with Gasteiger partial charge in [0, 0.05) is 6.20 Å². The van der Waals surface area contributed by atoms with Gasteiger partial charge in [-0.1, -0.05) is 74.5 Å². The monoisotopic (exact) mass is 364 g/mol. The molecule has 3 aromatic rings. The summed E-state index contributed by atoms with van der Waals surface area (Å²) in [5, 5.41) is 10.5. The second kappa shape index (κ2) is 9.14. The van der Waals surface area contributed by atoms with Crippen LogP contribution < -0.4 is 9.47 Å². The minimum Gasteiger partial charge on any atom is -0.472 e. The topological polar surface area (TPSA) is 64.5 Å². The van der Waals surface area contributed by atoms with E-state index >= 15 is 0 Å². The SMILES string of the molecule is CC(C)[C@@H](O)c1cnc(OCc2ccccc2)nc1OCc1ccccc1. The average molecular weight is 364 g/mol. The molecule has 0 bridgehead atoms. The Morgan fingerprint density at radius 2 is 1.41 bits per heavy atom. The standard InChI is InChI=1S/C22H24N2O3/c1-16(2)20(25)19-13-23-22(27-15-18-11-7-4-8-12-18)24-21(19)26-14-17-9-5-3-6-10-17/h3-13,16,20,25H,14-15H2,1-2H3/t20-/m1/s1. The van der Waals surface area contributed by atoms with Crippen molar-refractivity contribution < 1.29 is 14.6 Å². The van der Waals surface area contributed by atoms with Crippen LogP contribution in [0.4, 0.5) is 0 Å². The van der Waals surface area contributed by atoms with E-state index < -0.39 is 6.10 Å². The molecule has 0 saturated carbocycles. The predicted octanol–water partition coefficient (Wildman–Crippen LogP) is 4.32. The van der Waals surface area contributed by atoms with Gasteiger partial charge in [-0.25, -0.2) is 4.98 Å². The smallest absolute Gasteiger partial charge is 0.320 e. The molecule has 2 aromatic carbocycles. The van der Waals surface area contributed by atoms with Crippen LogP contribution >= 0.6 is 0 Å². The van der Waals surface area contributed by atoms with Crippen LogP contribution in [0.15, 0.2) is 66.9 Å². The zero-order chi connectivity index (χ0) is 19.1. The molecule has 0 spiro atoms. The molecule has 1 heterocycles. The van der Waals surface area contributed by atoms with Gasteiger partial charge in [0.05, 0.1) is 11.7 Å². The highest BCUT2D eigenvalue weighted by molar-refractivity contribution is 5.28. The molecule has 27 heavy (non-hydrogen) atoms. The van der Waals surface area contributed by atoms with E-state index in [4.69, 9.17) is 9.47 Å². The molecule has 0 amide bonds. The van der Waals surface area contributed by atoms with Gasteiger partial charge in [0.2, 0.25) is 5.88 Å². The lowest BCUT2D eigenvalue weighted by atomic mass is 10.0. The Kier molecular flexibility index (Phi) is 6.39. The predicted molar refractivity (Wildman–Crippen MR) is 103 cm³/mol. The van der Waals surface area contributed by atoms with Crippen LogP contribution in [0.3, 0.4) is 0 Å². The van der Waals surface area contributed by atoms with Gasteiger partial charge in [-0.2, -0.15) is 4.98 Å². The lowest BCUT2D eigenvalue weighted by Gasteiger charge is -2.18. The summed E-state index contributed by atoms with van der Waals surface area (Å²) in [5.41, 5.74) is 2.61. The van der Waals surface area contributed by atoms with Crippen molar-refractivity contribution >= 4 is 0 Å². The van der Waals surface area contributed by atoms with Crippen LogP contribution in [0.1, 0.15) is 36.6 Å². The molecule has 0 saturated heterocycles. The maximum Gasteiger partial charge on any atom is 0.320 e. The van der Waals surface area contributed by atoms with Crippen LogP contribution in [-0.4, -0.2) is 15.1 Å². The summed E-state index contributed by atoms with van der Waals surface area (Å²) in [7, 11) is 0. The summed E-state index contributed by atoms with van der Waals surface area (Å²) >= 11 is 0. The molecule has 0 fully saturated rings. The van der Waals surface area contributed by atoms with E-state index in [0.29, 0.717) is 24.7 Å². The molecule has 1 atom stereocenters. The Hall–Kier alpha value is -2.92. The molecule has 5 heteroatoms. The Bertz CT molecular complexity index is 839. The first-order valence-corrected chi connectivity index (χ1v) is 9.02. The average Bonchev–Trinajstić information content (AvgIpc) is 2.71. The Labute approximate surface area is 159 Å². The first kappa shape index (κ1) is 18.9. The number of benzene rings is 2. The Balaban J connectivity index is 1.77. The number of ether oxygens (including phenoxy) is 2. The maximum atomic E-state index is 10.5. The van der Waals surface area contributed by atoms with Crippen LogP contribution in [0.2, 0.25) is 0 Å². The van der Waals surface area contributed by atoms with Crippen molar-refractivity contribution in [2.75, 3.05) is 0 Å². The van der Waals surface area contributed by atoms with Gasteiger partial charge in [-0.15, -0.1) is 0 Å². The van der Waals surface area contributed by atoms with E-state index in [9.17, 15) is 5.11 Å². The molecule has 0 unspecified atom stereocenters. The van der Waals surface area contributed by atoms with Crippen molar-refractivity contribution in [1.29, 1.82) is 0 Å². The van der Waals surface area contributed by atoms with Crippen LogP contribution in [0.5, 0.6) is 11.9 Å². The quantitative estimate of drug-likeness (QED) is 0.645.